The predicted octanol–water partition coefficient (Wildman–Crippen LogP) is 1.35. The van der Waals surface area contributed by atoms with Crippen molar-refractivity contribution in [1.29, 1.82) is 0 Å². The summed E-state index contributed by atoms with van der Waals surface area (Å²) in [6.45, 7) is 0.802. The molecule has 3 N–H and O–H groups in total. The van der Waals surface area contributed by atoms with Gasteiger partial charge in [-0.2, -0.15) is 5.10 Å². The molecule has 9 heteroatoms. The molecule has 1 aromatic heterocycles. The topological polar surface area (TPSA) is 97.3 Å². The Labute approximate surface area is 156 Å². The number of anilines is 1. The molecule has 1 aromatic carbocycles. The van der Waals surface area contributed by atoms with Crippen molar-refractivity contribution >= 4 is 29.1 Å². The molecule has 2 rings (SSSR count). The van der Waals surface area contributed by atoms with Gasteiger partial charge >= 0.3 is 0 Å². The van der Waals surface area contributed by atoms with Gasteiger partial charge in [0, 0.05) is 38.1 Å². The summed E-state index contributed by atoms with van der Waals surface area (Å²) in [5.74, 6) is -0.553. The molecule has 0 aliphatic rings. The van der Waals surface area contributed by atoms with Crippen molar-refractivity contribution in [2.45, 2.75) is 6.04 Å². The van der Waals surface area contributed by atoms with Crippen LogP contribution >= 0.6 is 11.6 Å². The number of ether oxygens (including phenoxy) is 1. The van der Waals surface area contributed by atoms with Crippen LogP contribution in [0.3, 0.4) is 0 Å². The van der Waals surface area contributed by atoms with E-state index in [2.05, 4.69) is 21.0 Å². The molecular formula is C17H22ClN5O3. The smallest absolute Gasteiger partial charge is 0.252 e. The number of likely N-dealkylation sites (N-methyl/N-ethyl adjacent to an activating group) is 1. The first-order valence-corrected chi connectivity index (χ1v) is 8.37. The van der Waals surface area contributed by atoms with Gasteiger partial charge in [0.1, 0.15) is 6.04 Å². The molecule has 2 aromatic rings. The fourth-order valence-corrected chi connectivity index (χ4v) is 2.66. The first-order valence-electron chi connectivity index (χ1n) is 7.99. The van der Waals surface area contributed by atoms with Gasteiger partial charge in [-0.25, -0.2) is 0 Å². The maximum atomic E-state index is 12.5. The lowest BCUT2D eigenvalue weighted by Gasteiger charge is -2.15. The van der Waals surface area contributed by atoms with Crippen molar-refractivity contribution in [2.75, 3.05) is 32.6 Å². The number of halogens is 1. The van der Waals surface area contributed by atoms with Crippen molar-refractivity contribution in [3.8, 4) is 0 Å². The van der Waals surface area contributed by atoms with E-state index in [4.69, 9.17) is 16.3 Å². The number of amides is 2. The maximum Gasteiger partial charge on any atom is 0.252 e. The number of hydrogen-bond donors (Lipinski definition) is 3. The Morgan fingerprint density at radius 1 is 1.38 bits per heavy atom. The molecule has 0 fully saturated rings. The highest BCUT2D eigenvalue weighted by Gasteiger charge is 2.20. The van der Waals surface area contributed by atoms with Crippen LogP contribution in [0.25, 0.3) is 0 Å². The zero-order chi connectivity index (χ0) is 19.1. The molecule has 0 bridgehead atoms. The van der Waals surface area contributed by atoms with E-state index < -0.39 is 6.04 Å². The lowest BCUT2D eigenvalue weighted by Crippen LogP contribution is -2.30. The van der Waals surface area contributed by atoms with Crippen LogP contribution in [0, 0.1) is 0 Å². The summed E-state index contributed by atoms with van der Waals surface area (Å²) >= 11 is 6.18. The van der Waals surface area contributed by atoms with Crippen molar-refractivity contribution in [3.05, 3.63) is 46.7 Å². The Morgan fingerprint density at radius 2 is 2.15 bits per heavy atom. The molecule has 0 aliphatic heterocycles. The van der Waals surface area contributed by atoms with Gasteiger partial charge in [-0.3, -0.25) is 14.3 Å². The van der Waals surface area contributed by atoms with Crippen molar-refractivity contribution in [2.24, 2.45) is 7.05 Å². The van der Waals surface area contributed by atoms with E-state index in [9.17, 15) is 9.59 Å². The third kappa shape index (κ3) is 5.04. The highest BCUT2D eigenvalue weighted by Crippen LogP contribution is 2.22. The number of benzene rings is 1. The fraction of sp³-hybridized carbons (Fsp3) is 0.353. The van der Waals surface area contributed by atoms with Crippen LogP contribution in [0.15, 0.2) is 30.6 Å². The number of aromatic nitrogens is 2. The highest BCUT2D eigenvalue weighted by atomic mass is 35.5. The minimum atomic E-state index is -0.556. The van der Waals surface area contributed by atoms with E-state index in [1.54, 1.807) is 56.5 Å². The third-order valence-electron chi connectivity index (χ3n) is 3.68. The Morgan fingerprint density at radius 3 is 2.73 bits per heavy atom. The van der Waals surface area contributed by atoms with Crippen molar-refractivity contribution in [3.63, 3.8) is 0 Å². The number of carbonyl (C=O) groups is 2. The summed E-state index contributed by atoms with van der Waals surface area (Å²) < 4.78 is 6.51. The molecule has 1 atom stereocenters. The second kappa shape index (κ2) is 9.33. The third-order valence-corrected chi connectivity index (χ3v) is 3.99. The Bertz CT molecular complexity index is 778. The molecule has 26 heavy (non-hydrogen) atoms. The first-order chi connectivity index (χ1) is 12.5. The monoisotopic (exact) mass is 379 g/mol. The summed E-state index contributed by atoms with van der Waals surface area (Å²) in [7, 11) is 5.03. The van der Waals surface area contributed by atoms with Crippen LogP contribution in [0.4, 0.5) is 5.69 Å². The minimum absolute atomic E-state index is 0.250. The van der Waals surface area contributed by atoms with E-state index in [0.717, 1.165) is 5.56 Å². The van der Waals surface area contributed by atoms with E-state index in [-0.39, 0.29) is 16.8 Å². The summed E-state index contributed by atoms with van der Waals surface area (Å²) in [6, 6.07) is 4.18. The average Bonchev–Trinajstić information content (AvgIpc) is 3.01. The standard InChI is InChI=1S/C17H22ClN5O3/c1-19-15(11-9-21-23(2)10-11)17(25)22-12-4-5-13(14(18)8-12)16(24)20-6-7-26-3/h4-5,8-10,15,19H,6-7H2,1-3H3,(H,20,24)(H,22,25). The summed E-state index contributed by atoms with van der Waals surface area (Å²) in [6.07, 6.45) is 3.39. The SMILES string of the molecule is CNC(C(=O)Nc1ccc(C(=O)NCCOC)c(Cl)c1)c1cnn(C)c1. The van der Waals surface area contributed by atoms with Gasteiger partial charge in [0.25, 0.3) is 5.91 Å². The number of aryl methyl sites for hydroxylation is 1. The number of rotatable bonds is 8. The number of methoxy groups -OCH3 is 1. The van der Waals surface area contributed by atoms with Gasteiger partial charge in [0.05, 0.1) is 23.4 Å². The maximum absolute atomic E-state index is 12.5. The highest BCUT2D eigenvalue weighted by molar-refractivity contribution is 6.34. The van der Waals surface area contributed by atoms with Crippen LogP contribution < -0.4 is 16.0 Å². The molecular weight excluding hydrogens is 358 g/mol. The number of nitrogens with one attached hydrogen (secondary N) is 3. The average molecular weight is 380 g/mol. The van der Waals surface area contributed by atoms with E-state index >= 15 is 0 Å². The normalized spacial score (nSPS) is 11.8. The largest absolute Gasteiger partial charge is 0.383 e. The second-order valence-corrected chi connectivity index (χ2v) is 6.01. The van der Waals surface area contributed by atoms with Gasteiger partial charge in [-0.15, -0.1) is 0 Å². The van der Waals surface area contributed by atoms with E-state index in [1.807, 2.05) is 0 Å². The number of nitrogens with zero attached hydrogens (tertiary/aromatic N) is 2. The summed E-state index contributed by atoms with van der Waals surface area (Å²) in [5, 5.41) is 12.8. The number of carbonyl (C=O) groups excluding carboxylic acids is 2. The molecule has 8 nitrogen and oxygen atoms in total. The van der Waals surface area contributed by atoms with Gasteiger partial charge in [-0.1, -0.05) is 11.6 Å². The van der Waals surface area contributed by atoms with E-state index in [1.165, 1.54) is 0 Å². The molecule has 0 saturated heterocycles. The molecule has 1 heterocycles. The molecule has 0 saturated carbocycles. The molecule has 0 aliphatic carbocycles. The Kier molecular flexibility index (Phi) is 7.14. The van der Waals surface area contributed by atoms with E-state index in [0.29, 0.717) is 24.4 Å². The second-order valence-electron chi connectivity index (χ2n) is 5.60. The first kappa shape index (κ1) is 19.9. The van der Waals surface area contributed by atoms with Gasteiger partial charge in [0.2, 0.25) is 5.91 Å². The minimum Gasteiger partial charge on any atom is -0.383 e. The Balaban J connectivity index is 2.06. The van der Waals surface area contributed by atoms with Gasteiger partial charge in [-0.05, 0) is 25.2 Å². The zero-order valence-corrected chi connectivity index (χ0v) is 15.6. The molecule has 140 valence electrons. The van der Waals surface area contributed by atoms with Crippen LogP contribution in [-0.4, -0.2) is 48.9 Å². The summed E-state index contributed by atoms with van der Waals surface area (Å²) in [5.41, 5.74) is 1.57. The Hall–Kier alpha value is -2.42. The van der Waals surface area contributed by atoms with Crippen LogP contribution in [-0.2, 0) is 16.6 Å². The summed E-state index contributed by atoms with van der Waals surface area (Å²) in [4.78, 5) is 24.6. The van der Waals surface area contributed by atoms with Crippen molar-refractivity contribution < 1.29 is 14.3 Å². The van der Waals surface area contributed by atoms with Crippen LogP contribution in [0.2, 0.25) is 5.02 Å². The predicted molar refractivity (Wildman–Crippen MR) is 99.3 cm³/mol. The molecule has 0 radical (unpaired) electrons. The fourth-order valence-electron chi connectivity index (χ4n) is 2.39. The molecule has 2 amide bonds. The van der Waals surface area contributed by atoms with Gasteiger partial charge < -0.3 is 20.7 Å². The van der Waals surface area contributed by atoms with Gasteiger partial charge in [0.15, 0.2) is 0 Å². The van der Waals surface area contributed by atoms with Crippen LogP contribution in [0.1, 0.15) is 22.0 Å². The lowest BCUT2D eigenvalue weighted by atomic mass is 10.1. The quantitative estimate of drug-likeness (QED) is 0.601. The lowest BCUT2D eigenvalue weighted by molar-refractivity contribution is -0.118. The zero-order valence-electron chi connectivity index (χ0n) is 14.9. The number of hydrogen-bond acceptors (Lipinski definition) is 5. The molecule has 1 unspecified atom stereocenters. The molecule has 0 spiro atoms. The van der Waals surface area contributed by atoms with Crippen molar-refractivity contribution in [1.82, 2.24) is 20.4 Å². The van der Waals surface area contributed by atoms with Crippen LogP contribution in [0.5, 0.6) is 0 Å².